The van der Waals surface area contributed by atoms with Gasteiger partial charge in [0.25, 0.3) is 5.91 Å². The molecular weight excluding hydrogens is 380 g/mol. The summed E-state index contributed by atoms with van der Waals surface area (Å²) in [6, 6.07) is 7.17. The van der Waals surface area contributed by atoms with Crippen LogP contribution in [0.1, 0.15) is 45.6 Å². The largest absolute Gasteiger partial charge is 0.336 e. The highest BCUT2D eigenvalue weighted by molar-refractivity contribution is 6.08. The minimum absolute atomic E-state index is 0.0928. The Morgan fingerprint density at radius 3 is 2.60 bits per heavy atom. The van der Waals surface area contributed by atoms with Crippen molar-refractivity contribution in [3.63, 3.8) is 0 Å². The highest BCUT2D eigenvalue weighted by Gasteiger charge is 2.60. The first-order valence-electron chi connectivity index (χ1n) is 9.92. The summed E-state index contributed by atoms with van der Waals surface area (Å²) < 4.78 is 1.88. The molecule has 8 heteroatoms. The summed E-state index contributed by atoms with van der Waals surface area (Å²) in [7, 11) is 1.89. The zero-order chi connectivity index (χ0) is 21.0. The van der Waals surface area contributed by atoms with Crippen LogP contribution in [0, 0.1) is 13.8 Å². The summed E-state index contributed by atoms with van der Waals surface area (Å²) in [5, 5.41) is 3.02. The minimum atomic E-state index is -0.886. The average molecular weight is 402 g/mol. The van der Waals surface area contributed by atoms with Crippen LogP contribution in [0.25, 0.3) is 0 Å². The van der Waals surface area contributed by atoms with Crippen molar-refractivity contribution < 1.29 is 9.59 Å². The van der Waals surface area contributed by atoms with E-state index in [1.807, 2.05) is 42.1 Å². The van der Waals surface area contributed by atoms with E-state index in [0.29, 0.717) is 35.7 Å². The molecule has 5 rings (SSSR count). The topological polar surface area (TPSA) is 93.0 Å². The average Bonchev–Trinajstić information content (AvgIpc) is 3.39. The van der Waals surface area contributed by atoms with Crippen molar-refractivity contribution in [2.75, 3.05) is 11.9 Å². The zero-order valence-corrected chi connectivity index (χ0v) is 17.1. The highest BCUT2D eigenvalue weighted by Crippen LogP contribution is 2.54. The molecule has 0 unspecified atom stereocenters. The molecule has 2 atom stereocenters. The number of likely N-dealkylation sites (tertiary alicyclic amines) is 1. The fourth-order valence-corrected chi connectivity index (χ4v) is 4.95. The van der Waals surface area contributed by atoms with Crippen LogP contribution in [0.3, 0.4) is 0 Å². The number of imidazole rings is 1. The van der Waals surface area contributed by atoms with Crippen LogP contribution in [0.5, 0.6) is 0 Å². The van der Waals surface area contributed by atoms with Gasteiger partial charge in [0.15, 0.2) is 0 Å². The standard InChI is InChI=1S/C22H22N6O2/c1-13-17(14(2)25-12-24-13)20(29)28-10-8-22(18(28)19-23-9-11-27(19)3)15-6-4-5-7-16(15)26-21(22)30/h4-7,9,11-12,18H,8,10H2,1-3H3,(H,26,30)/t18-,22+/m0/s1. The van der Waals surface area contributed by atoms with Crippen LogP contribution in [-0.2, 0) is 17.3 Å². The molecule has 0 aliphatic carbocycles. The molecule has 8 nitrogen and oxygen atoms in total. The van der Waals surface area contributed by atoms with Gasteiger partial charge in [0, 0.05) is 31.7 Å². The van der Waals surface area contributed by atoms with Gasteiger partial charge in [0.05, 0.1) is 17.0 Å². The Labute approximate surface area is 174 Å². The third-order valence-corrected chi connectivity index (χ3v) is 6.39. The van der Waals surface area contributed by atoms with Crippen molar-refractivity contribution in [3.05, 3.63) is 71.3 Å². The maximum absolute atomic E-state index is 13.7. The van der Waals surface area contributed by atoms with Gasteiger partial charge in [0.1, 0.15) is 23.6 Å². The van der Waals surface area contributed by atoms with Crippen LogP contribution in [0.15, 0.2) is 43.0 Å². The summed E-state index contributed by atoms with van der Waals surface area (Å²) in [6.45, 7) is 4.05. The van der Waals surface area contributed by atoms with Crippen molar-refractivity contribution in [1.29, 1.82) is 0 Å². The first-order chi connectivity index (χ1) is 14.4. The maximum Gasteiger partial charge on any atom is 0.258 e. The van der Waals surface area contributed by atoms with Gasteiger partial charge in [-0.2, -0.15) is 0 Å². The number of carbonyl (C=O) groups excluding carboxylic acids is 2. The van der Waals surface area contributed by atoms with Crippen molar-refractivity contribution in [2.24, 2.45) is 7.05 Å². The number of aromatic nitrogens is 4. The number of hydrogen-bond donors (Lipinski definition) is 1. The fraction of sp³-hybridized carbons (Fsp3) is 0.318. The molecule has 1 spiro atoms. The quantitative estimate of drug-likeness (QED) is 0.710. The summed E-state index contributed by atoms with van der Waals surface area (Å²) in [5.74, 6) is 0.414. The normalized spacial score (nSPS) is 22.4. The molecule has 152 valence electrons. The predicted octanol–water partition coefficient (Wildman–Crippen LogP) is 2.30. The van der Waals surface area contributed by atoms with E-state index in [1.54, 1.807) is 24.9 Å². The number of benzene rings is 1. The number of nitrogens with zero attached hydrogens (tertiary/aromatic N) is 5. The van der Waals surface area contributed by atoms with Crippen molar-refractivity contribution in [1.82, 2.24) is 24.4 Å². The van der Waals surface area contributed by atoms with Crippen molar-refractivity contribution >= 4 is 17.5 Å². The molecule has 0 bridgehead atoms. The number of fused-ring (bicyclic) bond motifs is 2. The van der Waals surface area contributed by atoms with Crippen LogP contribution in [0.2, 0.25) is 0 Å². The Balaban J connectivity index is 1.70. The lowest BCUT2D eigenvalue weighted by Gasteiger charge is -2.33. The summed E-state index contributed by atoms with van der Waals surface area (Å²) in [6.07, 6.45) is 5.52. The number of aryl methyl sites for hydroxylation is 3. The Morgan fingerprint density at radius 1 is 1.17 bits per heavy atom. The van der Waals surface area contributed by atoms with E-state index >= 15 is 0 Å². The van der Waals surface area contributed by atoms with E-state index in [1.165, 1.54) is 6.33 Å². The third-order valence-electron chi connectivity index (χ3n) is 6.39. The van der Waals surface area contributed by atoms with E-state index in [0.717, 1.165) is 11.3 Å². The molecule has 3 aromatic rings. The van der Waals surface area contributed by atoms with Crippen LogP contribution in [0.4, 0.5) is 5.69 Å². The Hall–Kier alpha value is -3.55. The fourth-order valence-electron chi connectivity index (χ4n) is 4.95. The number of rotatable bonds is 2. The molecule has 2 aliphatic heterocycles. The Morgan fingerprint density at radius 2 is 1.90 bits per heavy atom. The second kappa shape index (κ2) is 6.48. The molecule has 2 amide bonds. The van der Waals surface area contributed by atoms with Gasteiger partial charge in [-0.1, -0.05) is 18.2 Å². The predicted molar refractivity (Wildman–Crippen MR) is 110 cm³/mol. The zero-order valence-electron chi connectivity index (χ0n) is 17.1. The van der Waals surface area contributed by atoms with E-state index in [9.17, 15) is 9.59 Å². The van der Waals surface area contributed by atoms with E-state index in [2.05, 4.69) is 20.3 Å². The number of hydrogen-bond acceptors (Lipinski definition) is 5. The lowest BCUT2D eigenvalue weighted by molar-refractivity contribution is -0.121. The second-order valence-electron chi connectivity index (χ2n) is 7.94. The Kier molecular flexibility index (Phi) is 3.99. The molecule has 30 heavy (non-hydrogen) atoms. The monoisotopic (exact) mass is 402 g/mol. The van der Waals surface area contributed by atoms with Crippen molar-refractivity contribution in [3.8, 4) is 0 Å². The molecule has 1 fully saturated rings. The smallest absolute Gasteiger partial charge is 0.258 e. The summed E-state index contributed by atoms with van der Waals surface area (Å²) in [5.41, 5.74) is 2.57. The molecule has 1 N–H and O–H groups in total. The van der Waals surface area contributed by atoms with Gasteiger partial charge in [0.2, 0.25) is 5.91 Å². The lowest BCUT2D eigenvalue weighted by atomic mass is 9.74. The second-order valence-corrected chi connectivity index (χ2v) is 7.94. The number of anilines is 1. The van der Waals surface area contributed by atoms with Crippen molar-refractivity contribution in [2.45, 2.75) is 31.7 Å². The maximum atomic E-state index is 13.7. The third kappa shape index (κ3) is 2.36. The number of carbonyl (C=O) groups is 2. The molecule has 0 radical (unpaired) electrons. The first kappa shape index (κ1) is 18.5. The van der Waals surface area contributed by atoms with Gasteiger partial charge in [-0.05, 0) is 31.9 Å². The first-order valence-corrected chi connectivity index (χ1v) is 9.92. The van der Waals surface area contributed by atoms with Crippen LogP contribution >= 0.6 is 0 Å². The van der Waals surface area contributed by atoms with Crippen LogP contribution < -0.4 is 5.32 Å². The number of para-hydroxylation sites is 1. The molecular formula is C22H22N6O2. The number of amides is 2. The van der Waals surface area contributed by atoms with E-state index < -0.39 is 11.5 Å². The highest BCUT2D eigenvalue weighted by atomic mass is 16.2. The lowest BCUT2D eigenvalue weighted by Crippen LogP contribution is -2.44. The van der Waals surface area contributed by atoms with Crippen LogP contribution in [-0.4, -0.2) is 42.8 Å². The van der Waals surface area contributed by atoms with E-state index in [4.69, 9.17) is 0 Å². The van der Waals surface area contributed by atoms with Gasteiger partial charge >= 0.3 is 0 Å². The molecule has 2 aromatic heterocycles. The SMILES string of the molecule is Cc1ncnc(C)c1C(=O)N1CC[C@]2(C(=O)Nc3ccccc32)[C@@H]1c1nccn1C. The Bertz CT molecular complexity index is 1170. The summed E-state index contributed by atoms with van der Waals surface area (Å²) >= 11 is 0. The number of nitrogens with one attached hydrogen (secondary N) is 1. The van der Waals surface area contributed by atoms with Gasteiger partial charge < -0.3 is 14.8 Å². The van der Waals surface area contributed by atoms with Gasteiger partial charge in [-0.3, -0.25) is 9.59 Å². The molecule has 0 saturated carbocycles. The minimum Gasteiger partial charge on any atom is -0.336 e. The molecule has 4 heterocycles. The van der Waals surface area contributed by atoms with E-state index in [-0.39, 0.29) is 11.8 Å². The summed E-state index contributed by atoms with van der Waals surface area (Å²) in [4.78, 5) is 41.9. The molecule has 1 aromatic carbocycles. The van der Waals surface area contributed by atoms with Gasteiger partial charge in [-0.15, -0.1) is 0 Å². The van der Waals surface area contributed by atoms with Gasteiger partial charge in [-0.25, -0.2) is 15.0 Å². The molecule has 2 aliphatic rings. The molecule has 1 saturated heterocycles.